The number of aliphatic imine (C=N–C) groups is 1. The van der Waals surface area contributed by atoms with Gasteiger partial charge >= 0.3 is 0 Å². The first-order chi connectivity index (χ1) is 12.8. The van der Waals surface area contributed by atoms with Crippen molar-refractivity contribution >= 4 is 5.96 Å². The summed E-state index contributed by atoms with van der Waals surface area (Å²) in [7, 11) is 0. The summed E-state index contributed by atoms with van der Waals surface area (Å²) >= 11 is 0. The lowest BCUT2D eigenvalue weighted by Crippen LogP contribution is -2.38. The minimum absolute atomic E-state index is 0.209. The summed E-state index contributed by atoms with van der Waals surface area (Å²) in [6.07, 6.45) is 0.635. The van der Waals surface area contributed by atoms with Crippen molar-refractivity contribution in [2.75, 3.05) is 19.9 Å². The number of benzene rings is 2. The van der Waals surface area contributed by atoms with E-state index in [4.69, 9.17) is 9.47 Å². The molecular formula is C20H24FN3O2. The van der Waals surface area contributed by atoms with E-state index in [-0.39, 0.29) is 12.6 Å². The van der Waals surface area contributed by atoms with E-state index in [1.807, 2.05) is 37.3 Å². The topological polar surface area (TPSA) is 54.9 Å². The van der Waals surface area contributed by atoms with E-state index >= 15 is 0 Å². The maximum atomic E-state index is 13.8. The Labute approximate surface area is 153 Å². The van der Waals surface area contributed by atoms with Crippen molar-refractivity contribution in [2.24, 2.45) is 4.99 Å². The van der Waals surface area contributed by atoms with Crippen molar-refractivity contribution in [1.29, 1.82) is 0 Å². The lowest BCUT2D eigenvalue weighted by molar-refractivity contribution is -0.0172. The number of hydrogen-bond donors (Lipinski definition) is 2. The van der Waals surface area contributed by atoms with Crippen molar-refractivity contribution in [1.82, 2.24) is 10.6 Å². The number of nitrogens with zero attached hydrogens (tertiary/aromatic N) is 1. The fourth-order valence-electron chi connectivity index (χ4n) is 2.85. The van der Waals surface area contributed by atoms with Crippen LogP contribution < -0.4 is 15.4 Å². The number of guanidine groups is 1. The Kier molecular flexibility index (Phi) is 6.44. The van der Waals surface area contributed by atoms with E-state index in [9.17, 15) is 4.39 Å². The highest BCUT2D eigenvalue weighted by Gasteiger charge is 2.16. The molecule has 0 aromatic heterocycles. The Morgan fingerprint density at radius 3 is 2.85 bits per heavy atom. The fraction of sp³-hybridized carbons (Fsp3) is 0.350. The summed E-state index contributed by atoms with van der Waals surface area (Å²) in [5, 5.41) is 6.52. The molecule has 0 saturated heterocycles. The number of nitrogens with one attached hydrogen (secondary N) is 2. The molecule has 1 heterocycles. The third-order valence-corrected chi connectivity index (χ3v) is 4.05. The van der Waals surface area contributed by atoms with Crippen LogP contribution in [0.4, 0.5) is 4.39 Å². The van der Waals surface area contributed by atoms with Crippen LogP contribution in [0.2, 0.25) is 0 Å². The summed E-state index contributed by atoms with van der Waals surface area (Å²) in [6, 6.07) is 13.1. The van der Waals surface area contributed by atoms with Gasteiger partial charge in [0, 0.05) is 18.7 Å². The van der Waals surface area contributed by atoms with E-state index in [0.29, 0.717) is 26.1 Å². The van der Waals surface area contributed by atoms with Crippen LogP contribution in [0.3, 0.4) is 0 Å². The molecule has 0 bridgehead atoms. The van der Waals surface area contributed by atoms with Crippen molar-refractivity contribution < 1.29 is 13.9 Å². The van der Waals surface area contributed by atoms with Crippen LogP contribution in [0.15, 0.2) is 47.5 Å². The molecule has 0 saturated carbocycles. The number of halogens is 1. The summed E-state index contributed by atoms with van der Waals surface area (Å²) in [5.74, 6) is 1.22. The molecule has 0 amide bonds. The zero-order chi connectivity index (χ0) is 18.2. The summed E-state index contributed by atoms with van der Waals surface area (Å²) < 4.78 is 24.6. The lowest BCUT2D eigenvalue weighted by atomic mass is 10.1. The molecule has 3 rings (SSSR count). The quantitative estimate of drug-likeness (QED) is 0.616. The van der Waals surface area contributed by atoms with Gasteiger partial charge in [0.25, 0.3) is 0 Å². The first-order valence-electron chi connectivity index (χ1n) is 8.84. The van der Waals surface area contributed by atoms with Crippen LogP contribution in [0.1, 0.15) is 23.6 Å². The van der Waals surface area contributed by atoms with Gasteiger partial charge in [0.2, 0.25) is 0 Å². The van der Waals surface area contributed by atoms with Gasteiger partial charge in [0.05, 0.1) is 13.2 Å². The van der Waals surface area contributed by atoms with E-state index in [1.165, 1.54) is 12.1 Å². The molecule has 0 aliphatic carbocycles. The third-order valence-electron chi connectivity index (χ3n) is 4.05. The number of rotatable bonds is 6. The Bertz CT molecular complexity index is 750. The van der Waals surface area contributed by atoms with Gasteiger partial charge in [-0.25, -0.2) is 9.38 Å². The second-order valence-electron chi connectivity index (χ2n) is 6.02. The van der Waals surface area contributed by atoms with Gasteiger partial charge in [0.1, 0.15) is 11.6 Å². The van der Waals surface area contributed by atoms with Gasteiger partial charge < -0.3 is 20.1 Å². The first kappa shape index (κ1) is 18.2. The van der Waals surface area contributed by atoms with Crippen LogP contribution in [-0.4, -0.2) is 25.8 Å². The largest absolute Gasteiger partial charge is 0.467 e. The Morgan fingerprint density at radius 1 is 1.19 bits per heavy atom. The zero-order valence-corrected chi connectivity index (χ0v) is 14.9. The van der Waals surface area contributed by atoms with E-state index in [2.05, 4.69) is 15.6 Å². The van der Waals surface area contributed by atoms with E-state index in [0.717, 1.165) is 34.9 Å². The molecule has 0 spiro atoms. The smallest absolute Gasteiger partial charge is 0.191 e. The zero-order valence-electron chi connectivity index (χ0n) is 14.9. The monoisotopic (exact) mass is 357 g/mol. The van der Waals surface area contributed by atoms with Gasteiger partial charge in [-0.15, -0.1) is 0 Å². The van der Waals surface area contributed by atoms with Crippen LogP contribution in [0.25, 0.3) is 0 Å². The molecule has 0 unspecified atom stereocenters. The Morgan fingerprint density at radius 2 is 2.04 bits per heavy atom. The normalized spacial score (nSPS) is 13.7. The van der Waals surface area contributed by atoms with Crippen molar-refractivity contribution in [3.05, 3.63) is 65.0 Å². The second kappa shape index (κ2) is 9.20. The van der Waals surface area contributed by atoms with Crippen LogP contribution >= 0.6 is 0 Å². The molecule has 0 atom stereocenters. The van der Waals surface area contributed by atoms with E-state index in [1.54, 1.807) is 0 Å². The number of fused-ring (bicyclic) bond motifs is 1. The summed E-state index contributed by atoms with van der Waals surface area (Å²) in [4.78, 5) is 4.59. The molecule has 2 aromatic rings. The van der Waals surface area contributed by atoms with Gasteiger partial charge in [0.15, 0.2) is 12.8 Å². The molecule has 2 N–H and O–H groups in total. The van der Waals surface area contributed by atoms with Crippen LogP contribution in [-0.2, 0) is 24.3 Å². The number of ether oxygens (including phenoxy) is 2. The lowest BCUT2D eigenvalue weighted by Gasteiger charge is -2.21. The molecule has 1 aliphatic heterocycles. The highest BCUT2D eigenvalue weighted by molar-refractivity contribution is 5.79. The van der Waals surface area contributed by atoms with Gasteiger partial charge in [-0.1, -0.05) is 30.3 Å². The first-order valence-corrected chi connectivity index (χ1v) is 8.84. The second-order valence-corrected chi connectivity index (χ2v) is 6.02. The molecule has 2 aromatic carbocycles. The molecule has 138 valence electrons. The molecule has 6 heteroatoms. The summed E-state index contributed by atoms with van der Waals surface area (Å²) in [5.41, 5.74) is 2.75. The molecule has 0 radical (unpaired) electrons. The number of hydrogen-bond acceptors (Lipinski definition) is 3. The maximum Gasteiger partial charge on any atom is 0.191 e. The van der Waals surface area contributed by atoms with Crippen molar-refractivity contribution in [3.8, 4) is 5.75 Å². The van der Waals surface area contributed by atoms with Crippen LogP contribution in [0, 0.1) is 5.82 Å². The molecule has 0 fully saturated rings. The molecule has 5 nitrogen and oxygen atoms in total. The van der Waals surface area contributed by atoms with Crippen molar-refractivity contribution in [3.63, 3.8) is 0 Å². The minimum atomic E-state index is -0.266. The predicted octanol–water partition coefficient (Wildman–Crippen LogP) is 2.99. The third kappa shape index (κ3) is 4.95. The highest BCUT2D eigenvalue weighted by atomic mass is 19.1. The minimum Gasteiger partial charge on any atom is -0.467 e. The van der Waals surface area contributed by atoms with Crippen molar-refractivity contribution in [2.45, 2.75) is 26.5 Å². The maximum absolute atomic E-state index is 13.8. The standard InChI is InChI=1S/C20H24FN3O2/c1-2-22-20(24-12-15-6-4-3-5-7-15)23-9-8-16-10-18(21)11-17-13-25-14-26-19(16)17/h3-7,10-11H,2,8-9,12-14H2,1H3,(H2,22,23,24). The van der Waals surface area contributed by atoms with Gasteiger partial charge in [-0.05, 0) is 36.6 Å². The average Bonchev–Trinajstić information content (AvgIpc) is 2.66. The average molecular weight is 357 g/mol. The SMILES string of the molecule is CCNC(=NCc1ccccc1)NCCc1cc(F)cc2c1OCOC2. The molecular weight excluding hydrogens is 333 g/mol. The van der Waals surface area contributed by atoms with Crippen LogP contribution in [0.5, 0.6) is 5.75 Å². The molecule has 1 aliphatic rings. The predicted molar refractivity (Wildman–Crippen MR) is 99.6 cm³/mol. The Hall–Kier alpha value is -2.60. The van der Waals surface area contributed by atoms with Gasteiger partial charge in [-0.3, -0.25) is 0 Å². The molecule has 26 heavy (non-hydrogen) atoms. The Balaban J connectivity index is 1.61. The summed E-state index contributed by atoms with van der Waals surface area (Å²) in [6.45, 7) is 4.62. The van der Waals surface area contributed by atoms with Gasteiger partial charge in [-0.2, -0.15) is 0 Å². The highest BCUT2D eigenvalue weighted by Crippen LogP contribution is 2.29. The fourth-order valence-corrected chi connectivity index (χ4v) is 2.85. The van der Waals surface area contributed by atoms with E-state index < -0.39 is 0 Å².